The van der Waals surface area contributed by atoms with Gasteiger partial charge in [0.2, 0.25) is 0 Å². The van der Waals surface area contributed by atoms with E-state index in [-0.39, 0.29) is 18.3 Å². The van der Waals surface area contributed by atoms with Crippen LogP contribution in [0.25, 0.3) is 0 Å². The second-order valence-electron chi connectivity index (χ2n) is 4.66. The first kappa shape index (κ1) is 15.8. The standard InChI is InChI=1S/C14H20N2O2.ClH/c15-12-6-4-11(5-7-12)14(17)16-9-8-13-3-1-2-10-18-13;/h4-7,13H,1-3,8-10,15H2,(H,16,17);1H. The van der Waals surface area contributed by atoms with E-state index in [0.717, 1.165) is 25.9 Å². The molecule has 0 radical (unpaired) electrons. The van der Waals surface area contributed by atoms with Gasteiger partial charge in [0.1, 0.15) is 0 Å². The molecule has 1 amide bonds. The number of ether oxygens (including phenoxy) is 1. The lowest BCUT2D eigenvalue weighted by Crippen LogP contribution is -2.29. The Morgan fingerprint density at radius 3 is 2.68 bits per heavy atom. The average molecular weight is 285 g/mol. The number of nitrogen functional groups attached to an aromatic ring is 1. The van der Waals surface area contributed by atoms with Crippen LogP contribution in [0.5, 0.6) is 0 Å². The smallest absolute Gasteiger partial charge is 0.251 e. The van der Waals surface area contributed by atoms with E-state index in [0.29, 0.717) is 23.9 Å². The molecule has 3 N–H and O–H groups in total. The fourth-order valence-corrected chi connectivity index (χ4v) is 2.12. The van der Waals surface area contributed by atoms with Gasteiger partial charge < -0.3 is 15.8 Å². The van der Waals surface area contributed by atoms with E-state index >= 15 is 0 Å². The average Bonchev–Trinajstić information content (AvgIpc) is 2.40. The van der Waals surface area contributed by atoms with Crippen molar-refractivity contribution in [2.24, 2.45) is 0 Å². The summed E-state index contributed by atoms with van der Waals surface area (Å²) in [6, 6.07) is 6.95. The molecule has 1 aliphatic rings. The summed E-state index contributed by atoms with van der Waals surface area (Å²) in [6.45, 7) is 1.52. The van der Waals surface area contributed by atoms with Gasteiger partial charge in [0.05, 0.1) is 6.10 Å². The topological polar surface area (TPSA) is 64.4 Å². The zero-order valence-electron chi connectivity index (χ0n) is 10.9. The number of hydrogen-bond donors (Lipinski definition) is 2. The molecule has 1 aromatic carbocycles. The molecule has 1 aromatic rings. The molecule has 1 atom stereocenters. The van der Waals surface area contributed by atoms with Crippen molar-refractivity contribution in [1.29, 1.82) is 0 Å². The Kier molecular flexibility index (Phi) is 6.67. The van der Waals surface area contributed by atoms with Gasteiger partial charge >= 0.3 is 0 Å². The minimum atomic E-state index is -0.0502. The Hall–Kier alpha value is -1.26. The van der Waals surface area contributed by atoms with E-state index in [1.165, 1.54) is 6.42 Å². The van der Waals surface area contributed by atoms with Crippen molar-refractivity contribution >= 4 is 24.0 Å². The summed E-state index contributed by atoms with van der Waals surface area (Å²) in [4.78, 5) is 11.8. The van der Waals surface area contributed by atoms with E-state index in [1.807, 2.05) is 0 Å². The third kappa shape index (κ3) is 5.09. The number of benzene rings is 1. The quantitative estimate of drug-likeness (QED) is 0.835. The van der Waals surface area contributed by atoms with E-state index in [1.54, 1.807) is 24.3 Å². The Labute approximate surface area is 120 Å². The monoisotopic (exact) mass is 284 g/mol. The Bertz CT molecular complexity index is 389. The van der Waals surface area contributed by atoms with Crippen molar-refractivity contribution in [3.63, 3.8) is 0 Å². The SMILES string of the molecule is Cl.Nc1ccc(C(=O)NCCC2CCCCO2)cc1. The van der Waals surface area contributed by atoms with E-state index in [4.69, 9.17) is 10.5 Å². The molecule has 0 spiro atoms. The predicted octanol–water partition coefficient (Wildman–Crippen LogP) is 2.38. The third-order valence-electron chi connectivity index (χ3n) is 3.20. The van der Waals surface area contributed by atoms with Crippen LogP contribution in [-0.4, -0.2) is 25.2 Å². The van der Waals surface area contributed by atoms with Crippen LogP contribution in [0, 0.1) is 0 Å². The Morgan fingerprint density at radius 2 is 2.05 bits per heavy atom. The van der Waals surface area contributed by atoms with Crippen LogP contribution in [0.1, 0.15) is 36.0 Å². The van der Waals surface area contributed by atoms with E-state index in [2.05, 4.69) is 5.32 Å². The van der Waals surface area contributed by atoms with Crippen molar-refractivity contribution in [2.45, 2.75) is 31.8 Å². The molecule has 1 heterocycles. The van der Waals surface area contributed by atoms with Crippen molar-refractivity contribution in [2.75, 3.05) is 18.9 Å². The maximum atomic E-state index is 11.8. The maximum Gasteiger partial charge on any atom is 0.251 e. The fourth-order valence-electron chi connectivity index (χ4n) is 2.12. The van der Waals surface area contributed by atoms with Crippen molar-refractivity contribution < 1.29 is 9.53 Å². The van der Waals surface area contributed by atoms with Gasteiger partial charge in [-0.15, -0.1) is 12.4 Å². The largest absolute Gasteiger partial charge is 0.399 e. The van der Waals surface area contributed by atoms with Crippen LogP contribution < -0.4 is 11.1 Å². The van der Waals surface area contributed by atoms with Crippen LogP contribution in [0.3, 0.4) is 0 Å². The fraction of sp³-hybridized carbons (Fsp3) is 0.500. The number of nitrogens with two attached hydrogens (primary N) is 1. The van der Waals surface area contributed by atoms with Crippen LogP contribution in [0.15, 0.2) is 24.3 Å². The summed E-state index contributed by atoms with van der Waals surface area (Å²) in [5, 5.41) is 2.91. The van der Waals surface area contributed by atoms with Crippen LogP contribution in [0.2, 0.25) is 0 Å². The van der Waals surface area contributed by atoms with Gasteiger partial charge in [-0.05, 0) is 49.9 Å². The molecule has 0 bridgehead atoms. The van der Waals surface area contributed by atoms with Crippen molar-refractivity contribution in [3.8, 4) is 0 Å². The van der Waals surface area contributed by atoms with Gasteiger partial charge in [-0.2, -0.15) is 0 Å². The van der Waals surface area contributed by atoms with Crippen molar-refractivity contribution in [3.05, 3.63) is 29.8 Å². The molecule has 1 unspecified atom stereocenters. The molecule has 4 nitrogen and oxygen atoms in total. The maximum absolute atomic E-state index is 11.8. The lowest BCUT2D eigenvalue weighted by atomic mass is 10.1. The van der Waals surface area contributed by atoms with Crippen LogP contribution >= 0.6 is 12.4 Å². The summed E-state index contributed by atoms with van der Waals surface area (Å²) in [5.74, 6) is -0.0502. The summed E-state index contributed by atoms with van der Waals surface area (Å²) < 4.78 is 5.61. The molecule has 1 fully saturated rings. The number of nitrogens with one attached hydrogen (secondary N) is 1. The second-order valence-corrected chi connectivity index (χ2v) is 4.66. The minimum absolute atomic E-state index is 0. The molecular weight excluding hydrogens is 264 g/mol. The number of rotatable bonds is 4. The molecule has 106 valence electrons. The number of halogens is 1. The number of anilines is 1. The first-order valence-corrected chi connectivity index (χ1v) is 6.51. The zero-order chi connectivity index (χ0) is 12.8. The summed E-state index contributed by atoms with van der Waals surface area (Å²) in [7, 11) is 0. The zero-order valence-corrected chi connectivity index (χ0v) is 11.7. The minimum Gasteiger partial charge on any atom is -0.399 e. The molecule has 1 aliphatic heterocycles. The molecule has 2 rings (SSSR count). The van der Waals surface area contributed by atoms with Gasteiger partial charge in [0.15, 0.2) is 0 Å². The van der Waals surface area contributed by atoms with Gasteiger partial charge in [0, 0.05) is 24.4 Å². The molecule has 5 heteroatoms. The lowest BCUT2D eigenvalue weighted by molar-refractivity contribution is 0.0117. The highest BCUT2D eigenvalue weighted by Gasteiger charge is 2.13. The van der Waals surface area contributed by atoms with Gasteiger partial charge in [-0.3, -0.25) is 4.79 Å². The molecule has 0 aromatic heterocycles. The number of amides is 1. The van der Waals surface area contributed by atoms with Crippen LogP contribution in [0.4, 0.5) is 5.69 Å². The summed E-state index contributed by atoms with van der Waals surface area (Å²) >= 11 is 0. The van der Waals surface area contributed by atoms with E-state index in [9.17, 15) is 4.79 Å². The molecule has 0 aliphatic carbocycles. The van der Waals surface area contributed by atoms with Gasteiger partial charge in [0.25, 0.3) is 5.91 Å². The van der Waals surface area contributed by atoms with Crippen LogP contribution in [-0.2, 0) is 4.74 Å². The highest BCUT2D eigenvalue weighted by Crippen LogP contribution is 2.15. The second kappa shape index (κ2) is 8.02. The van der Waals surface area contributed by atoms with Gasteiger partial charge in [-0.25, -0.2) is 0 Å². The Balaban J connectivity index is 0.00000180. The van der Waals surface area contributed by atoms with Crippen molar-refractivity contribution in [1.82, 2.24) is 5.32 Å². The molecule has 0 saturated carbocycles. The first-order chi connectivity index (χ1) is 8.75. The molecule has 1 saturated heterocycles. The summed E-state index contributed by atoms with van der Waals surface area (Å²) in [5.41, 5.74) is 6.89. The number of carbonyl (C=O) groups is 1. The molecular formula is C14H21ClN2O2. The third-order valence-corrected chi connectivity index (χ3v) is 3.20. The van der Waals surface area contributed by atoms with Gasteiger partial charge in [-0.1, -0.05) is 0 Å². The Morgan fingerprint density at radius 1 is 1.32 bits per heavy atom. The number of hydrogen-bond acceptors (Lipinski definition) is 3. The molecule has 19 heavy (non-hydrogen) atoms. The summed E-state index contributed by atoms with van der Waals surface area (Å²) in [6.07, 6.45) is 4.70. The predicted molar refractivity (Wildman–Crippen MR) is 78.6 cm³/mol. The normalized spacial score (nSPS) is 18.4. The van der Waals surface area contributed by atoms with E-state index < -0.39 is 0 Å². The first-order valence-electron chi connectivity index (χ1n) is 6.51. The highest BCUT2D eigenvalue weighted by molar-refractivity contribution is 5.94. The lowest BCUT2D eigenvalue weighted by Gasteiger charge is -2.22. The number of carbonyl (C=O) groups excluding carboxylic acids is 1. The highest BCUT2D eigenvalue weighted by atomic mass is 35.5.